The van der Waals surface area contributed by atoms with Gasteiger partial charge in [-0.1, -0.05) is 231 Å². The minimum absolute atomic E-state index is 0. The predicted octanol–water partition coefficient (Wildman–Crippen LogP) is 20.6. The normalized spacial score (nSPS) is 12.1. The number of nitrogens with one attached hydrogen (secondary N) is 2. The van der Waals surface area contributed by atoms with E-state index < -0.39 is 70.3 Å². The summed E-state index contributed by atoms with van der Waals surface area (Å²) in [6.45, 7) is 33.2. The van der Waals surface area contributed by atoms with Gasteiger partial charge in [0.1, 0.15) is 28.9 Å². The van der Waals surface area contributed by atoms with Gasteiger partial charge < -0.3 is 47.9 Å². The zero-order valence-corrected chi connectivity index (χ0v) is 75.9. The number of carbonyl (C=O) groups is 4. The van der Waals surface area contributed by atoms with Gasteiger partial charge in [-0.05, 0) is 124 Å². The number of benzene rings is 7. The fourth-order valence-electron chi connectivity index (χ4n) is 12.5. The second-order valence-electron chi connectivity index (χ2n) is 31.2. The van der Waals surface area contributed by atoms with Crippen LogP contribution < -0.4 is 31.4 Å². The molecule has 0 aliphatic carbocycles. The van der Waals surface area contributed by atoms with E-state index in [1.807, 2.05) is 140 Å². The summed E-state index contributed by atoms with van der Waals surface area (Å²) in [6, 6.07) is 71.7. The molecule has 0 aliphatic heterocycles. The van der Waals surface area contributed by atoms with Gasteiger partial charge in [0.05, 0.1) is 45.2 Å². The molecular formula is C95H131BrN2O12Si2Sn. The van der Waals surface area contributed by atoms with Gasteiger partial charge in [0.15, 0.2) is 0 Å². The molecule has 0 fully saturated rings. The van der Waals surface area contributed by atoms with E-state index in [0.29, 0.717) is 16.6 Å². The quantitative estimate of drug-likeness (QED) is 0.00721. The number of unbranched alkanes of at least 4 members (excludes halogenated alkanes) is 3. The Kier molecular flexibility index (Phi) is 46.8. The van der Waals surface area contributed by atoms with Crippen molar-refractivity contribution in [1.82, 2.24) is 10.6 Å². The number of rotatable bonds is 37. The molecular weight excluding hydrogens is 1620 g/mol. The monoisotopic (exact) mass is 1750 g/mol. The first-order chi connectivity index (χ1) is 53.5. The number of halogens is 1. The second-order valence-corrected chi connectivity index (χ2v) is 53.7. The van der Waals surface area contributed by atoms with E-state index in [9.17, 15) is 19.2 Å². The van der Waals surface area contributed by atoms with E-state index in [1.54, 1.807) is 73.1 Å². The van der Waals surface area contributed by atoms with E-state index in [-0.39, 0.29) is 76.9 Å². The van der Waals surface area contributed by atoms with Crippen LogP contribution in [0.5, 0.6) is 0 Å². The second kappa shape index (κ2) is 53.3. The molecule has 7 rings (SSSR count). The molecule has 612 valence electrons. The van der Waals surface area contributed by atoms with Crippen molar-refractivity contribution in [3.05, 3.63) is 261 Å². The molecule has 113 heavy (non-hydrogen) atoms. The third-order valence-corrected chi connectivity index (χ3v) is 42.6. The van der Waals surface area contributed by atoms with Crippen LogP contribution in [0.15, 0.2) is 245 Å². The third-order valence-electron chi connectivity index (χ3n) is 17.9. The number of carbonyl (C=O) groups excluding carboxylic acids is 4. The molecule has 0 bridgehead atoms. The molecule has 0 saturated heterocycles. The molecule has 0 aromatic heterocycles. The van der Waals surface area contributed by atoms with Crippen LogP contribution >= 0.6 is 15.9 Å². The van der Waals surface area contributed by atoms with Crippen LogP contribution in [0, 0.1) is 12.3 Å². The van der Waals surface area contributed by atoms with Crippen molar-refractivity contribution in [3.8, 4) is 12.3 Å². The summed E-state index contributed by atoms with van der Waals surface area (Å²) in [5.74, 6) is 1.56. The van der Waals surface area contributed by atoms with Crippen LogP contribution in [0.2, 0.25) is 23.4 Å². The van der Waals surface area contributed by atoms with Gasteiger partial charge in [-0.2, -0.15) is 0 Å². The van der Waals surface area contributed by atoms with Crippen molar-refractivity contribution in [1.29, 1.82) is 0 Å². The van der Waals surface area contributed by atoms with Crippen molar-refractivity contribution in [3.63, 3.8) is 0 Å². The Balaban J connectivity index is 0.000000436. The fraction of sp³-hybridized carbons (Fsp3) is 0.411. The van der Waals surface area contributed by atoms with Crippen LogP contribution in [0.4, 0.5) is 9.59 Å². The van der Waals surface area contributed by atoms with Crippen LogP contribution in [-0.2, 0) is 46.9 Å². The molecule has 0 aliphatic rings. The first-order valence-corrected chi connectivity index (χ1v) is 51.8. The van der Waals surface area contributed by atoms with Gasteiger partial charge in [0.25, 0.3) is 16.6 Å². The molecule has 18 heteroatoms. The molecule has 7 aromatic carbocycles. The van der Waals surface area contributed by atoms with E-state index >= 15 is 0 Å². The Morgan fingerprint density at radius 3 is 1.10 bits per heavy atom. The number of alkyl carbamates (subject to hydrolysis) is 2. The molecule has 0 spiro atoms. The molecule has 0 unspecified atom stereocenters. The summed E-state index contributed by atoms with van der Waals surface area (Å²) in [6.07, 6.45) is 22.1. The number of ether oxygens (including phenoxy) is 6. The average Bonchev–Trinajstić information content (AvgIpc) is 0.754. The third kappa shape index (κ3) is 37.5. The first-order valence-electron chi connectivity index (χ1n) is 39.5. The van der Waals surface area contributed by atoms with Crippen LogP contribution in [0.25, 0.3) is 12.2 Å². The Labute approximate surface area is 694 Å². The standard InChI is InChI=1S/C37H47NO6Si.C29H40BrNO6Si.C8H7.C8H6.3C4H9.CH4.Sn/c1-36(2,3)44-35(40)38-25-27-41-28-29-42-34(39)31(23-22-30-16-10-7-11-17-30)24-26-43-45(37(4,5)6,32-18-12-8-13-19-32)33-20-14-9-15-21-33;1-28(2,3)37-27(33)31-18-20-34-21-22-35-26(32)25(30)17-19-36-38(29(4,5)6,23-13-9-7-10-14-23)24-15-11-8-12-16-24;2*1-2-8-6-4-3-5-7-8;3*1-3-4-2;;/h7-24H,25-29H2,1-6H3,(H,38,40);7-17H,18-22H2,1-6H3,(H,31,33);1-7H;1,3-7H;3*1,3-4H2,2H3;1H4;/b23-22+,31-24+;25-17-;;;;;;;. The first kappa shape index (κ1) is 99.3. The van der Waals surface area contributed by atoms with Crippen molar-refractivity contribution >= 4 is 108 Å². The van der Waals surface area contributed by atoms with E-state index in [0.717, 1.165) is 11.1 Å². The van der Waals surface area contributed by atoms with Crippen LogP contribution in [0.3, 0.4) is 0 Å². The molecule has 0 atom stereocenters. The summed E-state index contributed by atoms with van der Waals surface area (Å²) in [7, 11) is -5.48. The zero-order valence-electron chi connectivity index (χ0n) is 69.5. The molecule has 0 saturated carbocycles. The Bertz CT molecular complexity index is 3850. The van der Waals surface area contributed by atoms with E-state index in [4.69, 9.17) is 43.7 Å². The van der Waals surface area contributed by atoms with E-state index in [2.05, 4.69) is 184 Å². The Morgan fingerprint density at radius 1 is 0.442 bits per heavy atom. The van der Waals surface area contributed by atoms with Gasteiger partial charge in [-0.25, -0.2) is 19.2 Å². The van der Waals surface area contributed by atoms with Gasteiger partial charge in [-0.15, -0.1) is 6.42 Å². The molecule has 2 N–H and O–H groups in total. The molecule has 7 aromatic rings. The Morgan fingerprint density at radius 2 is 0.770 bits per heavy atom. The van der Waals surface area contributed by atoms with E-state index in [1.165, 1.54) is 64.8 Å². The molecule has 0 radical (unpaired) electrons. The van der Waals surface area contributed by atoms with Gasteiger partial charge in [0, 0.05) is 18.7 Å². The molecule has 14 nitrogen and oxygen atoms in total. The fourth-order valence-corrected chi connectivity index (χ4v) is 35.9. The average molecular weight is 1750 g/mol. The Hall–Kier alpha value is -7.91. The SMILES string of the molecule is C.C#Cc1ccccc1.CC(C)(C)OC(=O)NCCOCCOC(=O)/C(Br)=C/CO[Si](c1ccccc1)(c1ccccc1)C(C)(C)C.CC(C)(C)OC(=O)NCCOCCOC(=O)C(/C=C/c1ccccc1)=C/CO[Si](c1ccccc1)(c1ccccc1)C(C)(C)C.CCC[CH2][Sn](/[CH]=C/c1ccccc1)([CH2]CCC)[CH2]CCC. The number of terminal acetylenes is 1. The van der Waals surface area contributed by atoms with Crippen molar-refractivity contribution < 1.29 is 56.5 Å². The van der Waals surface area contributed by atoms with Gasteiger partial charge in [0.2, 0.25) is 0 Å². The number of hydrogen-bond donors (Lipinski definition) is 2. The van der Waals surface area contributed by atoms with Crippen molar-refractivity contribution in [2.45, 2.75) is 184 Å². The van der Waals surface area contributed by atoms with Crippen molar-refractivity contribution in [2.24, 2.45) is 0 Å². The van der Waals surface area contributed by atoms with Crippen LogP contribution in [0.1, 0.15) is 166 Å². The molecule has 2 amide bonds. The summed E-state index contributed by atoms with van der Waals surface area (Å²) in [4.78, 5) is 49.0. The van der Waals surface area contributed by atoms with Gasteiger partial charge >= 0.3 is 161 Å². The summed E-state index contributed by atoms with van der Waals surface area (Å²) in [5, 5.41) is 9.56. The zero-order chi connectivity index (χ0) is 82.2. The number of esters is 2. The maximum absolute atomic E-state index is 13.3. The van der Waals surface area contributed by atoms with Crippen LogP contribution in [-0.4, -0.2) is 136 Å². The topological polar surface area (TPSA) is 166 Å². The summed E-state index contributed by atoms with van der Waals surface area (Å²) < 4.78 is 53.6. The number of amides is 2. The minimum atomic E-state index is -2.78. The summed E-state index contributed by atoms with van der Waals surface area (Å²) >= 11 is 1.26. The van der Waals surface area contributed by atoms with Crippen molar-refractivity contribution in [2.75, 3.05) is 65.9 Å². The van der Waals surface area contributed by atoms with Gasteiger partial charge in [-0.3, -0.25) is 0 Å². The maximum atomic E-state index is 13.3. The number of hydrogen-bond acceptors (Lipinski definition) is 12. The molecule has 0 heterocycles. The predicted molar refractivity (Wildman–Crippen MR) is 481 cm³/mol. The summed E-state index contributed by atoms with van der Waals surface area (Å²) in [5.41, 5.74) is 2.57.